The Bertz CT molecular complexity index is 679. The van der Waals surface area contributed by atoms with E-state index in [9.17, 15) is 8.42 Å². The first-order chi connectivity index (χ1) is 9.50. The minimum absolute atomic E-state index is 0.0360. The number of rotatable bonds is 5. The van der Waals surface area contributed by atoms with Gasteiger partial charge in [-0.15, -0.1) is 0 Å². The summed E-state index contributed by atoms with van der Waals surface area (Å²) in [6, 6.07) is 14.2. The molecule has 0 heterocycles. The highest BCUT2D eigenvalue weighted by Crippen LogP contribution is 2.18. The molecule has 0 saturated heterocycles. The number of hydrogen-bond acceptors (Lipinski definition) is 3. The Hall–Kier alpha value is -2.01. The van der Waals surface area contributed by atoms with Gasteiger partial charge in [0.1, 0.15) is 5.75 Å². The number of sulfonamides is 1. The summed E-state index contributed by atoms with van der Waals surface area (Å²) in [6.45, 7) is 1.90. The van der Waals surface area contributed by atoms with Crippen molar-refractivity contribution in [1.82, 2.24) is 0 Å². The molecule has 0 amide bonds. The Labute approximate surface area is 119 Å². The van der Waals surface area contributed by atoms with Crippen LogP contribution in [0.4, 0.5) is 5.69 Å². The molecule has 0 fully saturated rings. The van der Waals surface area contributed by atoms with Crippen LogP contribution < -0.4 is 9.46 Å². The van der Waals surface area contributed by atoms with Crippen molar-refractivity contribution in [2.24, 2.45) is 0 Å². The second-order valence-electron chi connectivity index (χ2n) is 4.52. The molecule has 0 aromatic heterocycles. The van der Waals surface area contributed by atoms with Crippen LogP contribution in [0.2, 0.25) is 0 Å². The lowest BCUT2D eigenvalue weighted by molar-refractivity contribution is 0.415. The number of ether oxygens (including phenoxy) is 1. The van der Waals surface area contributed by atoms with Crippen molar-refractivity contribution in [3.05, 3.63) is 59.7 Å². The first-order valence-electron chi connectivity index (χ1n) is 6.19. The van der Waals surface area contributed by atoms with Crippen LogP contribution in [0.5, 0.6) is 5.75 Å². The Morgan fingerprint density at radius 2 is 1.70 bits per heavy atom. The molecule has 0 spiro atoms. The van der Waals surface area contributed by atoms with Gasteiger partial charge in [-0.25, -0.2) is 8.42 Å². The number of benzene rings is 2. The maximum atomic E-state index is 12.1. The van der Waals surface area contributed by atoms with Crippen LogP contribution in [-0.2, 0) is 15.8 Å². The van der Waals surface area contributed by atoms with E-state index < -0.39 is 10.0 Å². The van der Waals surface area contributed by atoms with Crippen molar-refractivity contribution < 1.29 is 13.2 Å². The van der Waals surface area contributed by atoms with E-state index in [4.69, 9.17) is 4.74 Å². The third-order valence-corrected chi connectivity index (χ3v) is 4.21. The average Bonchev–Trinajstić information content (AvgIpc) is 2.41. The van der Waals surface area contributed by atoms with Crippen LogP contribution in [0.1, 0.15) is 11.1 Å². The van der Waals surface area contributed by atoms with Crippen LogP contribution in [-0.4, -0.2) is 15.5 Å². The van der Waals surface area contributed by atoms with Gasteiger partial charge in [0.2, 0.25) is 10.0 Å². The molecule has 2 rings (SSSR count). The van der Waals surface area contributed by atoms with Crippen LogP contribution in [0.3, 0.4) is 0 Å². The maximum absolute atomic E-state index is 12.1. The normalized spacial score (nSPS) is 11.1. The summed E-state index contributed by atoms with van der Waals surface area (Å²) in [5.41, 5.74) is 2.29. The van der Waals surface area contributed by atoms with Crippen molar-refractivity contribution in [2.75, 3.05) is 11.8 Å². The monoisotopic (exact) mass is 291 g/mol. The molecule has 2 aromatic rings. The molecule has 0 atom stereocenters. The number of hydrogen-bond donors (Lipinski definition) is 1. The van der Waals surface area contributed by atoms with E-state index in [-0.39, 0.29) is 5.75 Å². The van der Waals surface area contributed by atoms with Gasteiger partial charge in [0, 0.05) is 5.69 Å². The van der Waals surface area contributed by atoms with Crippen LogP contribution in [0, 0.1) is 6.92 Å². The van der Waals surface area contributed by atoms with E-state index >= 15 is 0 Å². The molecule has 0 aliphatic rings. The molecule has 1 N–H and O–H groups in total. The minimum Gasteiger partial charge on any atom is -0.497 e. The minimum atomic E-state index is -3.42. The maximum Gasteiger partial charge on any atom is 0.236 e. The zero-order chi connectivity index (χ0) is 14.6. The quantitative estimate of drug-likeness (QED) is 0.921. The molecular formula is C15H17NO3S. The summed E-state index contributed by atoms with van der Waals surface area (Å²) in [5.74, 6) is 0.651. The Morgan fingerprint density at radius 3 is 2.30 bits per heavy atom. The standard InChI is InChI=1S/C15H17NO3S/c1-12-5-3-4-6-13(12)11-20(17,18)16-14-7-9-15(19-2)10-8-14/h3-10,16H,11H2,1-2H3. The number of aryl methyl sites for hydroxylation is 1. The first-order valence-corrected chi connectivity index (χ1v) is 7.84. The summed E-state index contributed by atoms with van der Waals surface area (Å²) >= 11 is 0. The molecule has 0 radical (unpaired) electrons. The summed E-state index contributed by atoms with van der Waals surface area (Å²) in [5, 5.41) is 0. The lowest BCUT2D eigenvalue weighted by atomic mass is 10.1. The molecule has 0 unspecified atom stereocenters. The SMILES string of the molecule is COc1ccc(NS(=O)(=O)Cc2ccccc2C)cc1. The Balaban J connectivity index is 2.13. The van der Waals surface area contributed by atoms with Gasteiger partial charge in [-0.1, -0.05) is 24.3 Å². The number of anilines is 1. The average molecular weight is 291 g/mol. The summed E-state index contributed by atoms with van der Waals surface area (Å²) in [4.78, 5) is 0. The molecule has 2 aromatic carbocycles. The van der Waals surface area contributed by atoms with Gasteiger partial charge in [0.05, 0.1) is 12.9 Å². The number of methoxy groups -OCH3 is 1. The van der Waals surface area contributed by atoms with Crippen LogP contribution in [0.15, 0.2) is 48.5 Å². The van der Waals surface area contributed by atoms with E-state index in [2.05, 4.69) is 4.72 Å². The van der Waals surface area contributed by atoms with Gasteiger partial charge in [-0.3, -0.25) is 4.72 Å². The van der Waals surface area contributed by atoms with E-state index in [1.807, 2.05) is 31.2 Å². The molecule has 5 heteroatoms. The Kier molecular flexibility index (Phi) is 4.29. The van der Waals surface area contributed by atoms with Gasteiger partial charge in [-0.05, 0) is 42.3 Å². The fraction of sp³-hybridized carbons (Fsp3) is 0.200. The summed E-state index contributed by atoms with van der Waals surface area (Å²) in [7, 11) is -1.85. The van der Waals surface area contributed by atoms with Crippen molar-refractivity contribution in [2.45, 2.75) is 12.7 Å². The molecule has 4 nitrogen and oxygen atoms in total. The second kappa shape index (κ2) is 5.96. The van der Waals surface area contributed by atoms with Crippen molar-refractivity contribution in [1.29, 1.82) is 0 Å². The lowest BCUT2D eigenvalue weighted by Gasteiger charge is -2.10. The first kappa shape index (κ1) is 14.4. The molecule has 0 aliphatic carbocycles. The van der Waals surface area contributed by atoms with Gasteiger partial charge in [0.15, 0.2) is 0 Å². The molecule has 20 heavy (non-hydrogen) atoms. The molecule has 0 aliphatic heterocycles. The van der Waals surface area contributed by atoms with E-state index in [0.717, 1.165) is 11.1 Å². The summed E-state index contributed by atoms with van der Waals surface area (Å²) < 4.78 is 31.9. The highest BCUT2D eigenvalue weighted by molar-refractivity contribution is 7.91. The smallest absolute Gasteiger partial charge is 0.236 e. The van der Waals surface area contributed by atoms with E-state index in [1.54, 1.807) is 31.4 Å². The highest BCUT2D eigenvalue weighted by atomic mass is 32.2. The largest absolute Gasteiger partial charge is 0.497 e. The molecule has 0 bridgehead atoms. The fourth-order valence-corrected chi connectivity index (χ4v) is 3.15. The second-order valence-corrected chi connectivity index (χ2v) is 6.24. The molecule has 106 valence electrons. The van der Waals surface area contributed by atoms with Crippen LogP contribution in [0.25, 0.3) is 0 Å². The van der Waals surface area contributed by atoms with Gasteiger partial charge in [-0.2, -0.15) is 0 Å². The predicted molar refractivity (Wildman–Crippen MR) is 80.4 cm³/mol. The highest BCUT2D eigenvalue weighted by Gasteiger charge is 2.13. The molecular weight excluding hydrogens is 274 g/mol. The third-order valence-electron chi connectivity index (χ3n) is 2.97. The van der Waals surface area contributed by atoms with E-state index in [0.29, 0.717) is 11.4 Å². The number of nitrogens with one attached hydrogen (secondary N) is 1. The van der Waals surface area contributed by atoms with Crippen LogP contribution >= 0.6 is 0 Å². The lowest BCUT2D eigenvalue weighted by Crippen LogP contribution is -2.15. The van der Waals surface area contributed by atoms with E-state index in [1.165, 1.54) is 0 Å². The van der Waals surface area contributed by atoms with Crippen molar-refractivity contribution in [3.8, 4) is 5.75 Å². The van der Waals surface area contributed by atoms with Gasteiger partial charge < -0.3 is 4.74 Å². The van der Waals surface area contributed by atoms with Gasteiger partial charge in [0.25, 0.3) is 0 Å². The van der Waals surface area contributed by atoms with Gasteiger partial charge >= 0.3 is 0 Å². The zero-order valence-electron chi connectivity index (χ0n) is 11.5. The van der Waals surface area contributed by atoms with Crippen molar-refractivity contribution in [3.63, 3.8) is 0 Å². The molecule has 0 saturated carbocycles. The Morgan fingerprint density at radius 1 is 1.05 bits per heavy atom. The zero-order valence-corrected chi connectivity index (χ0v) is 12.3. The predicted octanol–water partition coefficient (Wildman–Crippen LogP) is 2.95. The topological polar surface area (TPSA) is 55.4 Å². The summed E-state index contributed by atoms with van der Waals surface area (Å²) in [6.07, 6.45) is 0. The van der Waals surface area contributed by atoms with Crippen molar-refractivity contribution >= 4 is 15.7 Å². The third kappa shape index (κ3) is 3.74. The fourth-order valence-electron chi connectivity index (χ4n) is 1.85.